The van der Waals surface area contributed by atoms with Crippen molar-refractivity contribution in [3.63, 3.8) is 0 Å². The summed E-state index contributed by atoms with van der Waals surface area (Å²) < 4.78 is 0. The molecule has 5 aliphatic rings. The monoisotopic (exact) mass is 1030 g/mol. The Bertz CT molecular complexity index is 2160. The van der Waals surface area contributed by atoms with Gasteiger partial charge in [-0.3, -0.25) is 38.4 Å². The Morgan fingerprint density at radius 2 is 1.06 bits per heavy atom. The van der Waals surface area contributed by atoms with Gasteiger partial charge >= 0.3 is 0 Å². The highest BCUT2D eigenvalue weighted by Crippen LogP contribution is 2.53. The number of carbonyl (C=O) groups excluding carboxylic acids is 8. The third-order valence-electron chi connectivity index (χ3n) is 15.6. The van der Waals surface area contributed by atoms with E-state index in [-0.39, 0.29) is 58.0 Å². The van der Waals surface area contributed by atoms with Gasteiger partial charge in [-0.15, -0.1) is 11.8 Å². The summed E-state index contributed by atoms with van der Waals surface area (Å²) in [5.41, 5.74) is -0.0226. The number of fused-ring (bicyclic) bond motifs is 2. The third kappa shape index (κ3) is 12.3. The number of hydrogen-bond acceptors (Lipinski definition) is 12. The van der Waals surface area contributed by atoms with Crippen molar-refractivity contribution in [1.82, 2.24) is 47.4 Å². The fourth-order valence-electron chi connectivity index (χ4n) is 11.4. The van der Waals surface area contributed by atoms with E-state index in [1.54, 1.807) is 92.8 Å². The molecule has 1 unspecified atom stereocenters. The van der Waals surface area contributed by atoms with Crippen LogP contribution in [-0.4, -0.2) is 131 Å². The number of amides is 7. The Hall–Kier alpha value is -4.98. The molecule has 2 saturated carbocycles. The van der Waals surface area contributed by atoms with E-state index in [4.69, 9.17) is 0 Å². The molecule has 2 aromatic carbocycles. The van der Waals surface area contributed by atoms with Gasteiger partial charge in [0.25, 0.3) is 0 Å². The summed E-state index contributed by atoms with van der Waals surface area (Å²) in [6.45, 7) is 11.3. The first-order valence-electron chi connectivity index (χ1n) is 25.6. The molecule has 392 valence electrons. The molecule has 17 nitrogen and oxygen atoms in total. The van der Waals surface area contributed by atoms with Crippen LogP contribution in [0.3, 0.4) is 0 Å². The lowest BCUT2D eigenvalue weighted by Gasteiger charge is -2.35. The molecule has 5 fully saturated rings. The minimum absolute atomic E-state index is 0.107. The molecule has 2 aliphatic carbocycles. The van der Waals surface area contributed by atoms with Crippen LogP contribution in [0.15, 0.2) is 60.7 Å². The molecular formula is C53H75N9O8S2. The molecule has 2 aromatic rings. The normalized spacial score (nSPS) is 29.3. The topological polar surface area (TPSA) is 236 Å². The van der Waals surface area contributed by atoms with E-state index in [0.29, 0.717) is 74.0 Å². The van der Waals surface area contributed by atoms with Crippen LogP contribution >= 0.6 is 23.5 Å². The van der Waals surface area contributed by atoms with Crippen molar-refractivity contribution in [1.29, 1.82) is 0 Å². The zero-order chi connectivity index (χ0) is 52.1. The van der Waals surface area contributed by atoms with Crippen molar-refractivity contribution in [2.45, 2.75) is 158 Å². The molecule has 19 heteroatoms. The number of carbonyl (C=O) groups is 8. The summed E-state index contributed by atoms with van der Waals surface area (Å²) in [5, 5.41) is 23.7. The highest BCUT2D eigenvalue weighted by atomic mass is 32.2. The minimum Gasteiger partial charge on any atom is -0.351 e. The van der Waals surface area contributed by atoms with Crippen molar-refractivity contribution in [2.24, 2.45) is 22.7 Å². The van der Waals surface area contributed by atoms with Gasteiger partial charge in [-0.1, -0.05) is 88.4 Å². The van der Waals surface area contributed by atoms with Crippen LogP contribution < -0.4 is 42.5 Å². The Labute approximate surface area is 432 Å². The van der Waals surface area contributed by atoms with E-state index in [0.717, 1.165) is 0 Å². The number of hydrogen-bond donors (Lipinski definition) is 8. The zero-order valence-electron chi connectivity index (χ0n) is 42.9. The van der Waals surface area contributed by atoms with Gasteiger partial charge in [0.05, 0.1) is 29.4 Å². The average molecular weight is 1030 g/mol. The number of rotatable bonds is 16. The maximum atomic E-state index is 14.6. The second-order valence-corrected chi connectivity index (χ2v) is 24.3. The second kappa shape index (κ2) is 23.5. The van der Waals surface area contributed by atoms with E-state index in [1.807, 2.05) is 52.0 Å². The lowest BCUT2D eigenvalue weighted by molar-refractivity contribution is -0.144. The van der Waals surface area contributed by atoms with Gasteiger partial charge in [-0.2, -0.15) is 11.8 Å². The molecule has 7 rings (SSSR count). The maximum Gasteiger partial charge on any atom is 0.247 e. The first kappa shape index (κ1) is 54.8. The summed E-state index contributed by atoms with van der Waals surface area (Å²) in [7, 11) is 3.36. The van der Waals surface area contributed by atoms with Gasteiger partial charge in [0.1, 0.15) is 24.2 Å². The van der Waals surface area contributed by atoms with Gasteiger partial charge in [0.2, 0.25) is 41.4 Å². The Balaban J connectivity index is 1.00. The van der Waals surface area contributed by atoms with Gasteiger partial charge < -0.3 is 47.4 Å². The van der Waals surface area contributed by atoms with E-state index < -0.39 is 76.8 Å². The van der Waals surface area contributed by atoms with Gasteiger partial charge in [-0.05, 0) is 113 Å². The first-order chi connectivity index (χ1) is 34.2. The maximum absolute atomic E-state index is 14.6. The van der Waals surface area contributed by atoms with Crippen LogP contribution in [0.25, 0.3) is 0 Å². The molecular weight excluding hydrogens is 955 g/mol. The summed E-state index contributed by atoms with van der Waals surface area (Å²) in [6.07, 6.45) is 4.25. The SMILES string of the molecule is CN[C@@H](C)C(=O)N[C@H]1CCS[C@H]2CC(C)(C)[C@@H](C(=O)N[C@H](C(=O)NC3CCC(NC(=O)[C@@H](NC(=O)[C@H]4N5C(=O)[C@@H](NC(=O)[C@H](C)NC)CCS[C@H]5CC4(C)C)c4ccccc4)CC3)c3ccccc3)C2C1=O. The molecule has 72 heavy (non-hydrogen) atoms. The van der Waals surface area contributed by atoms with E-state index >= 15 is 0 Å². The standard InChI is InChI=1S/C53H75N9O8S2/c1-29(54-7)45(64)58-35-23-25-71-37-27-52(3,4)40(39(37)43(35)63)47(66)60-41(31-15-11-9-12-16-31)48(67)56-33-19-21-34(22-20-33)57-49(68)42(32-17-13-10-14-18-32)61-50(69)44-53(5,6)28-38-62(44)51(70)36(24-26-72-38)59-46(65)30(2)55-8/h9-18,29-30,33-42,44,54-55H,19-28H2,1-8H3,(H,56,67)(H,57,68)(H,58,64)(H,59,65)(H,60,66)(H,61,69)/t29-,30-,33?,34?,35-,36-,37-,38-,39?,40+,41-,42-,44+/m0/s1. The molecule has 0 bridgehead atoms. The summed E-state index contributed by atoms with van der Waals surface area (Å²) >= 11 is 3.27. The van der Waals surface area contributed by atoms with Crippen molar-refractivity contribution < 1.29 is 38.4 Å². The highest BCUT2D eigenvalue weighted by molar-refractivity contribution is 8.00. The molecule has 0 aromatic heterocycles. The summed E-state index contributed by atoms with van der Waals surface area (Å²) in [5.74, 6) is -2.73. The average Bonchev–Trinajstić information content (AvgIpc) is 3.68. The number of benzene rings is 2. The Morgan fingerprint density at radius 3 is 1.57 bits per heavy atom. The number of thioether (sulfide) groups is 2. The zero-order valence-corrected chi connectivity index (χ0v) is 44.5. The summed E-state index contributed by atoms with van der Waals surface area (Å²) in [6, 6.07) is 12.0. The van der Waals surface area contributed by atoms with Gasteiger partial charge in [0.15, 0.2) is 5.78 Å². The molecule has 3 saturated heterocycles. The third-order valence-corrected chi connectivity index (χ3v) is 18.2. The fourth-order valence-corrected chi connectivity index (χ4v) is 14.7. The number of Topliss-reactive ketones (excluding diaryl/α,β-unsaturated/α-hetero) is 1. The molecule has 7 amide bonds. The molecule has 3 heterocycles. The van der Waals surface area contributed by atoms with Crippen LogP contribution in [-0.2, 0) is 38.4 Å². The van der Waals surface area contributed by atoms with Gasteiger partial charge in [0, 0.05) is 23.3 Å². The smallest absolute Gasteiger partial charge is 0.247 e. The molecule has 11 atom stereocenters. The predicted octanol–water partition coefficient (Wildman–Crippen LogP) is 3.26. The van der Waals surface area contributed by atoms with E-state index in [2.05, 4.69) is 42.5 Å². The lowest BCUT2D eigenvalue weighted by Crippen LogP contribution is -2.59. The quantitative estimate of drug-likeness (QED) is 0.121. The first-order valence-corrected chi connectivity index (χ1v) is 27.7. The van der Waals surface area contributed by atoms with Crippen LogP contribution in [0.1, 0.15) is 116 Å². The number of nitrogens with zero attached hydrogens (tertiary/aromatic N) is 1. The second-order valence-electron chi connectivity index (χ2n) is 21.7. The number of nitrogens with one attached hydrogen (secondary N) is 8. The summed E-state index contributed by atoms with van der Waals surface area (Å²) in [4.78, 5) is 114. The minimum atomic E-state index is -1.07. The number of likely N-dealkylation sites (N-methyl/N-ethyl adjacent to an activating group) is 2. The van der Waals surface area contributed by atoms with Crippen LogP contribution in [0, 0.1) is 22.7 Å². The molecule has 8 N–H and O–H groups in total. The largest absolute Gasteiger partial charge is 0.351 e. The van der Waals surface area contributed by atoms with Crippen LogP contribution in [0.2, 0.25) is 0 Å². The van der Waals surface area contributed by atoms with Crippen LogP contribution in [0.5, 0.6) is 0 Å². The highest BCUT2D eigenvalue weighted by Gasteiger charge is 2.58. The molecule has 3 aliphatic heterocycles. The van der Waals surface area contributed by atoms with Crippen molar-refractivity contribution >= 4 is 70.7 Å². The van der Waals surface area contributed by atoms with Crippen molar-refractivity contribution in [2.75, 3.05) is 25.6 Å². The van der Waals surface area contributed by atoms with E-state index in [1.165, 1.54) is 0 Å². The fraction of sp³-hybridized carbons (Fsp3) is 0.623. The molecule has 0 spiro atoms. The van der Waals surface area contributed by atoms with Crippen molar-refractivity contribution in [3.8, 4) is 0 Å². The Morgan fingerprint density at radius 1 is 0.583 bits per heavy atom. The van der Waals surface area contributed by atoms with E-state index in [9.17, 15) is 38.4 Å². The molecule has 0 radical (unpaired) electrons. The van der Waals surface area contributed by atoms with Gasteiger partial charge in [-0.25, -0.2) is 0 Å². The Kier molecular flexibility index (Phi) is 17.9. The lowest BCUT2D eigenvalue weighted by atomic mass is 9.75. The van der Waals surface area contributed by atoms with Crippen LogP contribution in [0.4, 0.5) is 0 Å². The van der Waals surface area contributed by atoms with Crippen molar-refractivity contribution in [3.05, 3.63) is 71.8 Å². The predicted molar refractivity (Wildman–Crippen MR) is 279 cm³/mol. The number of ketones is 1.